The maximum atomic E-state index is 12.8. The molecule has 0 aliphatic carbocycles. The Hall–Kier alpha value is -1.07. The largest absolute Gasteiger partial charge is 0.207 e. The van der Waals surface area contributed by atoms with Gasteiger partial charge in [-0.2, -0.15) is 0 Å². The fourth-order valence-electron chi connectivity index (χ4n) is 0.719. The molecular formula is C9H5ClF2. The van der Waals surface area contributed by atoms with Gasteiger partial charge in [0.25, 0.3) is 0 Å². The van der Waals surface area contributed by atoms with Crippen molar-refractivity contribution in [1.82, 2.24) is 0 Å². The van der Waals surface area contributed by atoms with Crippen molar-refractivity contribution >= 4 is 11.6 Å². The first-order valence-corrected chi connectivity index (χ1v) is 3.77. The second-order valence-electron chi connectivity index (χ2n) is 2.06. The van der Waals surface area contributed by atoms with Crippen molar-refractivity contribution in [1.29, 1.82) is 0 Å². The molecule has 62 valence electrons. The quantitative estimate of drug-likeness (QED) is 0.432. The van der Waals surface area contributed by atoms with Crippen LogP contribution in [0.2, 0.25) is 0 Å². The topological polar surface area (TPSA) is 0 Å². The summed E-state index contributed by atoms with van der Waals surface area (Å²) in [5, 5.41) is 0. The zero-order valence-electron chi connectivity index (χ0n) is 6.07. The Morgan fingerprint density at radius 3 is 2.67 bits per heavy atom. The van der Waals surface area contributed by atoms with E-state index in [-0.39, 0.29) is 11.4 Å². The van der Waals surface area contributed by atoms with Crippen molar-refractivity contribution in [2.75, 3.05) is 5.88 Å². The monoisotopic (exact) mass is 186 g/mol. The van der Waals surface area contributed by atoms with Gasteiger partial charge in [-0.1, -0.05) is 11.8 Å². The molecule has 0 nitrogen and oxygen atoms in total. The molecule has 0 heterocycles. The van der Waals surface area contributed by atoms with E-state index >= 15 is 0 Å². The Labute approximate surface area is 74.2 Å². The van der Waals surface area contributed by atoms with Crippen LogP contribution in [0.25, 0.3) is 0 Å². The third-order valence-corrected chi connectivity index (χ3v) is 1.35. The van der Waals surface area contributed by atoms with Gasteiger partial charge in [-0.15, -0.1) is 11.6 Å². The number of halogens is 3. The van der Waals surface area contributed by atoms with E-state index in [1.165, 1.54) is 6.07 Å². The Bertz CT molecular complexity index is 336. The fraction of sp³-hybridized carbons (Fsp3) is 0.111. The third-order valence-electron chi connectivity index (χ3n) is 1.22. The number of hydrogen-bond donors (Lipinski definition) is 0. The molecule has 1 aromatic carbocycles. The minimum Gasteiger partial charge on any atom is -0.207 e. The fourth-order valence-corrected chi connectivity index (χ4v) is 0.786. The summed E-state index contributed by atoms with van der Waals surface area (Å²) in [4.78, 5) is 0. The summed E-state index contributed by atoms with van der Waals surface area (Å²) in [5.74, 6) is 3.81. The molecule has 3 heteroatoms. The number of rotatable bonds is 0. The molecule has 0 saturated heterocycles. The summed E-state index contributed by atoms with van der Waals surface area (Å²) in [7, 11) is 0. The Kier molecular flexibility index (Phi) is 3.07. The lowest BCUT2D eigenvalue weighted by molar-refractivity contribution is 0.581. The van der Waals surface area contributed by atoms with Gasteiger partial charge in [-0.3, -0.25) is 0 Å². The highest BCUT2D eigenvalue weighted by Crippen LogP contribution is 2.07. The normalized spacial score (nSPS) is 8.92. The molecule has 0 aliphatic rings. The van der Waals surface area contributed by atoms with Gasteiger partial charge in [0.1, 0.15) is 11.6 Å². The van der Waals surface area contributed by atoms with Crippen molar-refractivity contribution in [3.63, 3.8) is 0 Å². The summed E-state index contributed by atoms with van der Waals surface area (Å²) in [6.45, 7) is 0. The molecule has 1 aromatic rings. The minimum absolute atomic E-state index is 0.136. The zero-order valence-corrected chi connectivity index (χ0v) is 6.83. The van der Waals surface area contributed by atoms with E-state index in [1.807, 2.05) is 0 Å². The molecule has 1 rings (SSSR count). The van der Waals surface area contributed by atoms with Gasteiger partial charge >= 0.3 is 0 Å². The van der Waals surface area contributed by atoms with Crippen molar-refractivity contribution in [3.05, 3.63) is 35.4 Å². The first kappa shape index (κ1) is 9.02. The van der Waals surface area contributed by atoms with Crippen LogP contribution in [0.15, 0.2) is 18.2 Å². The van der Waals surface area contributed by atoms with Gasteiger partial charge in [-0.05, 0) is 12.1 Å². The van der Waals surface area contributed by atoms with E-state index in [9.17, 15) is 8.78 Å². The summed E-state index contributed by atoms with van der Waals surface area (Å²) in [6, 6.07) is 3.23. The Morgan fingerprint density at radius 2 is 2.08 bits per heavy atom. The molecule has 0 unspecified atom stereocenters. The standard InChI is InChI=1S/C9H5ClF2/c10-5-1-2-7-3-4-8(11)6-9(7)12/h3-4,6H,5H2. The van der Waals surface area contributed by atoms with Crippen molar-refractivity contribution < 1.29 is 8.78 Å². The SMILES string of the molecule is Fc1ccc(C#CCCl)c(F)c1. The van der Waals surface area contributed by atoms with Crippen molar-refractivity contribution in [3.8, 4) is 11.8 Å². The summed E-state index contributed by atoms with van der Waals surface area (Å²) >= 11 is 5.26. The van der Waals surface area contributed by atoms with Crippen LogP contribution in [0.1, 0.15) is 5.56 Å². The smallest absolute Gasteiger partial charge is 0.141 e. The molecule has 0 N–H and O–H groups in total. The number of benzene rings is 1. The molecule has 0 bridgehead atoms. The van der Waals surface area contributed by atoms with Gasteiger partial charge in [0.2, 0.25) is 0 Å². The highest BCUT2D eigenvalue weighted by atomic mass is 35.5. The number of alkyl halides is 1. The van der Waals surface area contributed by atoms with E-state index in [1.54, 1.807) is 0 Å². The van der Waals surface area contributed by atoms with E-state index in [0.717, 1.165) is 12.1 Å². The second-order valence-corrected chi connectivity index (χ2v) is 2.33. The highest BCUT2D eigenvalue weighted by Gasteiger charge is 1.99. The van der Waals surface area contributed by atoms with Crippen LogP contribution in [0.5, 0.6) is 0 Å². The molecule has 12 heavy (non-hydrogen) atoms. The first-order chi connectivity index (χ1) is 5.74. The van der Waals surface area contributed by atoms with E-state index < -0.39 is 11.6 Å². The first-order valence-electron chi connectivity index (χ1n) is 3.24. The predicted octanol–water partition coefficient (Wildman–Crippen LogP) is 2.56. The van der Waals surface area contributed by atoms with Gasteiger partial charge in [0.05, 0.1) is 11.4 Å². The molecule has 0 fully saturated rings. The highest BCUT2D eigenvalue weighted by molar-refractivity contribution is 6.19. The summed E-state index contributed by atoms with van der Waals surface area (Å²) in [6.07, 6.45) is 0. The number of hydrogen-bond acceptors (Lipinski definition) is 0. The van der Waals surface area contributed by atoms with Crippen LogP contribution >= 0.6 is 11.6 Å². The molecule has 0 radical (unpaired) electrons. The lowest BCUT2D eigenvalue weighted by atomic mass is 10.2. The molecule has 0 aromatic heterocycles. The maximum absolute atomic E-state index is 12.8. The average Bonchev–Trinajstić information content (AvgIpc) is 2.03. The molecule has 0 saturated carbocycles. The van der Waals surface area contributed by atoms with Crippen LogP contribution in [-0.2, 0) is 0 Å². The minimum atomic E-state index is -0.660. The Morgan fingerprint density at radius 1 is 1.33 bits per heavy atom. The lowest BCUT2D eigenvalue weighted by Gasteiger charge is -1.92. The van der Waals surface area contributed by atoms with E-state index in [4.69, 9.17) is 11.6 Å². The van der Waals surface area contributed by atoms with Crippen LogP contribution < -0.4 is 0 Å². The third kappa shape index (κ3) is 2.21. The second kappa shape index (κ2) is 4.08. The van der Waals surface area contributed by atoms with Crippen LogP contribution in [0, 0.1) is 23.5 Å². The van der Waals surface area contributed by atoms with Crippen molar-refractivity contribution in [2.24, 2.45) is 0 Å². The average molecular weight is 187 g/mol. The van der Waals surface area contributed by atoms with Crippen LogP contribution in [0.4, 0.5) is 8.78 Å². The molecule has 0 spiro atoms. The van der Waals surface area contributed by atoms with Gasteiger partial charge in [-0.25, -0.2) is 8.78 Å². The summed E-state index contributed by atoms with van der Waals surface area (Å²) in [5.41, 5.74) is 0.164. The molecule has 0 amide bonds. The van der Waals surface area contributed by atoms with Gasteiger partial charge in [0.15, 0.2) is 0 Å². The van der Waals surface area contributed by atoms with E-state index in [2.05, 4.69) is 11.8 Å². The zero-order chi connectivity index (χ0) is 8.97. The predicted molar refractivity (Wildman–Crippen MR) is 44.0 cm³/mol. The Balaban J connectivity index is 3.01. The van der Waals surface area contributed by atoms with Crippen LogP contribution in [0.3, 0.4) is 0 Å². The van der Waals surface area contributed by atoms with E-state index in [0.29, 0.717) is 0 Å². The summed E-state index contributed by atoms with van der Waals surface area (Å²) < 4.78 is 25.1. The molecule has 0 aliphatic heterocycles. The molecule has 0 atom stereocenters. The maximum Gasteiger partial charge on any atom is 0.141 e. The van der Waals surface area contributed by atoms with Crippen LogP contribution in [-0.4, -0.2) is 5.88 Å². The lowest BCUT2D eigenvalue weighted by Crippen LogP contribution is -1.84. The van der Waals surface area contributed by atoms with Gasteiger partial charge < -0.3 is 0 Å². The molecular weight excluding hydrogens is 182 g/mol. The van der Waals surface area contributed by atoms with Gasteiger partial charge in [0, 0.05) is 6.07 Å². The van der Waals surface area contributed by atoms with Crippen molar-refractivity contribution in [2.45, 2.75) is 0 Å².